The molecule has 0 N–H and O–H groups in total. The Balaban J connectivity index is 1.44. The van der Waals surface area contributed by atoms with Gasteiger partial charge in [-0.05, 0) is 37.6 Å². The molecule has 0 aliphatic carbocycles. The normalized spacial score (nSPS) is 19.0. The largest absolute Gasteiger partial charge is 0.461 e. The van der Waals surface area contributed by atoms with Gasteiger partial charge >= 0.3 is 0 Å². The molecule has 4 heterocycles. The second-order valence-corrected chi connectivity index (χ2v) is 5.48. The number of aromatic nitrogens is 4. The van der Waals surface area contributed by atoms with Crippen molar-refractivity contribution in [3.05, 3.63) is 42.7 Å². The van der Waals surface area contributed by atoms with Crippen LogP contribution in [0.2, 0.25) is 0 Å². The average Bonchev–Trinajstić information content (AvgIpc) is 3.28. The fraction of sp³-hybridized carbons (Fsp3) is 0.400. The van der Waals surface area contributed by atoms with E-state index in [2.05, 4.69) is 20.1 Å². The van der Waals surface area contributed by atoms with Gasteiger partial charge in [-0.2, -0.15) is 10.1 Å². The van der Waals surface area contributed by atoms with Crippen molar-refractivity contribution in [1.82, 2.24) is 24.8 Å². The summed E-state index contributed by atoms with van der Waals surface area (Å²) >= 11 is 0. The third-order valence-electron chi connectivity index (χ3n) is 4.00. The van der Waals surface area contributed by atoms with Crippen LogP contribution >= 0.6 is 0 Å². The number of rotatable bonds is 5. The van der Waals surface area contributed by atoms with E-state index >= 15 is 0 Å². The maximum atomic E-state index is 5.35. The SMILES string of the molecule is c1coc(-c2noc(CN3CCC[C@H]3Cn3cccn3)n2)c1. The van der Waals surface area contributed by atoms with E-state index in [1.165, 1.54) is 12.8 Å². The maximum Gasteiger partial charge on any atom is 0.241 e. The van der Waals surface area contributed by atoms with Crippen LogP contribution in [-0.4, -0.2) is 37.4 Å². The van der Waals surface area contributed by atoms with Crippen molar-refractivity contribution in [2.24, 2.45) is 0 Å². The van der Waals surface area contributed by atoms with E-state index in [4.69, 9.17) is 8.94 Å². The van der Waals surface area contributed by atoms with Crippen LogP contribution in [0.15, 0.2) is 45.8 Å². The molecule has 0 amide bonds. The average molecular weight is 299 g/mol. The lowest BCUT2D eigenvalue weighted by molar-refractivity contribution is 0.192. The van der Waals surface area contributed by atoms with Crippen molar-refractivity contribution in [3.63, 3.8) is 0 Å². The molecule has 4 rings (SSSR count). The van der Waals surface area contributed by atoms with E-state index in [-0.39, 0.29) is 0 Å². The van der Waals surface area contributed by atoms with Crippen molar-refractivity contribution in [2.75, 3.05) is 6.54 Å². The van der Waals surface area contributed by atoms with Crippen molar-refractivity contribution in [1.29, 1.82) is 0 Å². The van der Waals surface area contributed by atoms with Gasteiger partial charge in [-0.3, -0.25) is 9.58 Å². The molecule has 1 fully saturated rings. The summed E-state index contributed by atoms with van der Waals surface area (Å²) in [6.07, 6.45) is 7.77. The molecular formula is C15H17N5O2. The Morgan fingerprint density at radius 3 is 3.14 bits per heavy atom. The molecule has 114 valence electrons. The summed E-state index contributed by atoms with van der Waals surface area (Å²) in [5, 5.41) is 8.26. The monoisotopic (exact) mass is 299 g/mol. The minimum atomic E-state index is 0.457. The van der Waals surface area contributed by atoms with Gasteiger partial charge in [0.15, 0.2) is 5.76 Å². The molecule has 1 atom stereocenters. The highest BCUT2D eigenvalue weighted by molar-refractivity contribution is 5.44. The predicted molar refractivity (Wildman–Crippen MR) is 77.7 cm³/mol. The molecule has 0 saturated carbocycles. The smallest absolute Gasteiger partial charge is 0.241 e. The number of furan rings is 1. The van der Waals surface area contributed by atoms with Gasteiger partial charge in [0.25, 0.3) is 0 Å². The lowest BCUT2D eigenvalue weighted by atomic mass is 10.2. The molecule has 0 spiro atoms. The summed E-state index contributed by atoms with van der Waals surface area (Å²) in [7, 11) is 0. The molecule has 22 heavy (non-hydrogen) atoms. The molecule has 0 unspecified atom stereocenters. The first-order chi connectivity index (χ1) is 10.9. The Bertz CT molecular complexity index is 704. The molecule has 1 aliphatic rings. The minimum Gasteiger partial charge on any atom is -0.461 e. The van der Waals surface area contributed by atoms with Crippen molar-refractivity contribution in [3.8, 4) is 11.6 Å². The fourth-order valence-electron chi connectivity index (χ4n) is 2.93. The number of hydrogen-bond acceptors (Lipinski definition) is 6. The molecule has 0 bridgehead atoms. The van der Waals surface area contributed by atoms with Gasteiger partial charge in [0.1, 0.15) is 0 Å². The number of likely N-dealkylation sites (tertiary alicyclic amines) is 1. The van der Waals surface area contributed by atoms with E-state index < -0.39 is 0 Å². The quantitative estimate of drug-likeness (QED) is 0.719. The van der Waals surface area contributed by atoms with Gasteiger partial charge in [0, 0.05) is 18.4 Å². The van der Waals surface area contributed by atoms with Crippen LogP contribution < -0.4 is 0 Å². The highest BCUT2D eigenvalue weighted by Gasteiger charge is 2.26. The first-order valence-electron chi connectivity index (χ1n) is 7.46. The van der Waals surface area contributed by atoms with Crippen molar-refractivity contribution < 1.29 is 8.94 Å². The van der Waals surface area contributed by atoms with Gasteiger partial charge < -0.3 is 8.94 Å². The second-order valence-electron chi connectivity index (χ2n) is 5.48. The summed E-state index contributed by atoms with van der Waals surface area (Å²) < 4.78 is 12.6. The van der Waals surface area contributed by atoms with Crippen LogP contribution in [0.4, 0.5) is 0 Å². The van der Waals surface area contributed by atoms with E-state index in [0.717, 1.165) is 13.1 Å². The molecular weight excluding hydrogens is 282 g/mol. The molecule has 7 heteroatoms. The molecule has 1 saturated heterocycles. The van der Waals surface area contributed by atoms with Crippen molar-refractivity contribution >= 4 is 0 Å². The molecule has 7 nitrogen and oxygen atoms in total. The Morgan fingerprint density at radius 1 is 1.32 bits per heavy atom. The Labute approximate surface area is 127 Å². The van der Waals surface area contributed by atoms with Crippen LogP contribution in [0.3, 0.4) is 0 Å². The molecule has 0 radical (unpaired) electrons. The van der Waals surface area contributed by atoms with Crippen LogP contribution in [0, 0.1) is 0 Å². The highest BCUT2D eigenvalue weighted by atomic mass is 16.5. The first kappa shape index (κ1) is 13.3. The van der Waals surface area contributed by atoms with Gasteiger partial charge in [-0.1, -0.05) is 5.16 Å². The molecule has 3 aromatic heterocycles. The second kappa shape index (κ2) is 5.76. The lowest BCUT2D eigenvalue weighted by Gasteiger charge is -2.22. The summed E-state index contributed by atoms with van der Waals surface area (Å²) in [5.41, 5.74) is 0. The van der Waals surface area contributed by atoms with Gasteiger partial charge in [0.2, 0.25) is 11.7 Å². The van der Waals surface area contributed by atoms with Gasteiger partial charge in [-0.15, -0.1) is 0 Å². The predicted octanol–water partition coefficient (Wildman–Crippen LogP) is 2.19. The Morgan fingerprint density at radius 2 is 2.32 bits per heavy atom. The molecule has 0 aromatic carbocycles. The van der Waals surface area contributed by atoms with Crippen LogP contribution in [0.5, 0.6) is 0 Å². The van der Waals surface area contributed by atoms with E-state index in [9.17, 15) is 0 Å². The van der Waals surface area contributed by atoms with Crippen molar-refractivity contribution in [2.45, 2.75) is 32.0 Å². The van der Waals surface area contributed by atoms with E-state index in [0.29, 0.717) is 30.1 Å². The number of nitrogens with zero attached hydrogens (tertiary/aromatic N) is 5. The zero-order valence-electron chi connectivity index (χ0n) is 12.1. The summed E-state index contributed by atoms with van der Waals surface area (Å²) in [5.74, 6) is 1.76. The first-order valence-corrected chi connectivity index (χ1v) is 7.46. The summed E-state index contributed by atoms with van der Waals surface area (Å²) in [6.45, 7) is 2.61. The number of hydrogen-bond donors (Lipinski definition) is 0. The van der Waals surface area contributed by atoms with Crippen LogP contribution in [0.25, 0.3) is 11.6 Å². The summed E-state index contributed by atoms with van der Waals surface area (Å²) in [4.78, 5) is 6.79. The zero-order valence-corrected chi connectivity index (χ0v) is 12.1. The standard InChI is InChI=1S/C15H17N5O2/c1-4-12(10-20-8-3-6-16-20)19(7-1)11-14-17-15(18-22-14)13-5-2-9-21-13/h2-3,5-6,8-9,12H,1,4,7,10-11H2/t12-/m0/s1. The molecule has 3 aromatic rings. The van der Waals surface area contributed by atoms with Crippen LogP contribution in [0.1, 0.15) is 18.7 Å². The maximum absolute atomic E-state index is 5.35. The third kappa shape index (κ3) is 2.67. The lowest BCUT2D eigenvalue weighted by Crippen LogP contribution is -2.32. The highest BCUT2D eigenvalue weighted by Crippen LogP contribution is 2.22. The van der Waals surface area contributed by atoms with E-state index in [1.807, 2.05) is 35.3 Å². The van der Waals surface area contributed by atoms with Gasteiger partial charge in [-0.25, -0.2) is 0 Å². The van der Waals surface area contributed by atoms with E-state index in [1.54, 1.807) is 6.26 Å². The minimum absolute atomic E-state index is 0.457. The zero-order chi connectivity index (χ0) is 14.8. The molecule has 1 aliphatic heterocycles. The Hall–Kier alpha value is -2.41. The third-order valence-corrected chi connectivity index (χ3v) is 4.00. The summed E-state index contributed by atoms with van der Waals surface area (Å²) in [6, 6.07) is 6.04. The van der Waals surface area contributed by atoms with Crippen LogP contribution in [-0.2, 0) is 13.1 Å². The fourth-order valence-corrected chi connectivity index (χ4v) is 2.93. The topological polar surface area (TPSA) is 73.1 Å². The van der Waals surface area contributed by atoms with Gasteiger partial charge in [0.05, 0.1) is 19.4 Å². The Kier molecular flexibility index (Phi) is 3.48.